The minimum Gasteiger partial charge on any atom is -0.488 e. The van der Waals surface area contributed by atoms with E-state index in [1.165, 1.54) is 0 Å². The van der Waals surface area contributed by atoms with E-state index in [2.05, 4.69) is 23.1 Å². The molecule has 0 aromatic heterocycles. The van der Waals surface area contributed by atoms with Crippen LogP contribution in [0, 0.1) is 0 Å². The zero-order valence-corrected chi connectivity index (χ0v) is 14.4. The summed E-state index contributed by atoms with van der Waals surface area (Å²) in [4.78, 5) is 12.9. The molecule has 0 amide bonds. The molecule has 0 fully saturated rings. The van der Waals surface area contributed by atoms with Gasteiger partial charge >= 0.3 is 6.16 Å². The van der Waals surface area contributed by atoms with Gasteiger partial charge in [-0.05, 0) is 49.3 Å². The maximum Gasteiger partial charge on any atom is 0.511 e. The van der Waals surface area contributed by atoms with E-state index in [-0.39, 0.29) is 5.75 Å². The minimum absolute atomic E-state index is 0.254. The van der Waals surface area contributed by atoms with Crippen molar-refractivity contribution < 1.29 is 19.4 Å². The highest BCUT2D eigenvalue weighted by Gasteiger charge is 2.19. The van der Waals surface area contributed by atoms with Crippen LogP contribution >= 0.6 is 0 Å². The van der Waals surface area contributed by atoms with E-state index < -0.39 is 6.16 Å². The van der Waals surface area contributed by atoms with Gasteiger partial charge in [0.2, 0.25) is 0 Å². The first-order chi connectivity index (χ1) is 12.0. The number of fused-ring (bicyclic) bond motifs is 2. The van der Waals surface area contributed by atoms with Gasteiger partial charge in [-0.15, -0.1) is 0 Å². The van der Waals surface area contributed by atoms with Crippen molar-refractivity contribution in [1.82, 2.24) is 4.90 Å². The molecule has 2 aromatic carbocycles. The van der Waals surface area contributed by atoms with Crippen LogP contribution in [0.4, 0.5) is 4.79 Å². The number of rotatable bonds is 4. The van der Waals surface area contributed by atoms with Crippen LogP contribution in [0.3, 0.4) is 0 Å². The van der Waals surface area contributed by atoms with Crippen molar-refractivity contribution in [2.24, 2.45) is 0 Å². The maximum absolute atomic E-state index is 10.8. The first-order valence-electron chi connectivity index (χ1n) is 8.16. The third-order valence-electron chi connectivity index (χ3n) is 4.06. The summed E-state index contributed by atoms with van der Waals surface area (Å²) in [6.07, 6.45) is 1.78. The van der Waals surface area contributed by atoms with Gasteiger partial charge in [-0.25, -0.2) is 4.79 Å². The van der Waals surface area contributed by atoms with Crippen LogP contribution in [0.15, 0.2) is 48.5 Å². The molecule has 1 aliphatic heterocycles. The molecule has 0 atom stereocenters. The summed E-state index contributed by atoms with van der Waals surface area (Å²) < 4.78 is 10.7. The molecule has 0 unspecified atom stereocenters. The summed E-state index contributed by atoms with van der Waals surface area (Å²) in [5.41, 5.74) is 4.30. The Balaban J connectivity index is 2.04. The van der Waals surface area contributed by atoms with Crippen molar-refractivity contribution in [3.63, 3.8) is 0 Å². The van der Waals surface area contributed by atoms with Gasteiger partial charge in [0, 0.05) is 18.2 Å². The molecule has 0 radical (unpaired) electrons. The monoisotopic (exact) mass is 339 g/mol. The summed E-state index contributed by atoms with van der Waals surface area (Å²) in [6, 6.07) is 13.3. The molecule has 5 nitrogen and oxygen atoms in total. The minimum atomic E-state index is -1.33. The van der Waals surface area contributed by atoms with E-state index in [4.69, 9.17) is 14.6 Å². The van der Waals surface area contributed by atoms with Crippen LogP contribution in [0.1, 0.15) is 23.1 Å². The van der Waals surface area contributed by atoms with E-state index in [9.17, 15) is 4.79 Å². The Labute approximate surface area is 147 Å². The first kappa shape index (κ1) is 17.0. The second-order valence-electron chi connectivity index (χ2n) is 6.18. The van der Waals surface area contributed by atoms with Crippen molar-refractivity contribution in [2.45, 2.75) is 13.0 Å². The number of hydrogen-bond acceptors (Lipinski definition) is 4. The topological polar surface area (TPSA) is 59.0 Å². The highest BCUT2D eigenvalue weighted by atomic mass is 16.7. The molecule has 25 heavy (non-hydrogen) atoms. The summed E-state index contributed by atoms with van der Waals surface area (Å²) in [5.74, 6) is 0.885. The molecule has 5 heteroatoms. The van der Waals surface area contributed by atoms with Gasteiger partial charge in [0.05, 0.1) is 0 Å². The molecule has 0 spiro atoms. The van der Waals surface area contributed by atoms with Crippen LogP contribution < -0.4 is 9.47 Å². The molecule has 1 aliphatic rings. The highest BCUT2D eigenvalue weighted by Crippen LogP contribution is 2.38. The lowest BCUT2D eigenvalue weighted by Crippen LogP contribution is -2.12. The lowest BCUT2D eigenvalue weighted by Gasteiger charge is -2.13. The molecule has 1 N–H and O–H groups in total. The summed E-state index contributed by atoms with van der Waals surface area (Å²) in [6.45, 7) is 1.38. The Bertz CT molecular complexity index is 811. The summed E-state index contributed by atoms with van der Waals surface area (Å²) in [7, 11) is 4.10. The van der Waals surface area contributed by atoms with Crippen molar-refractivity contribution in [2.75, 3.05) is 20.6 Å². The molecule has 0 aliphatic carbocycles. The van der Waals surface area contributed by atoms with Crippen LogP contribution in [0.2, 0.25) is 0 Å². The van der Waals surface area contributed by atoms with Crippen molar-refractivity contribution in [3.8, 4) is 11.5 Å². The number of benzene rings is 2. The van der Waals surface area contributed by atoms with Crippen molar-refractivity contribution in [3.05, 3.63) is 65.2 Å². The molecule has 0 bridgehead atoms. The van der Waals surface area contributed by atoms with E-state index >= 15 is 0 Å². The molecular weight excluding hydrogens is 318 g/mol. The fourth-order valence-electron chi connectivity index (χ4n) is 2.91. The third-order valence-corrected chi connectivity index (χ3v) is 4.06. The van der Waals surface area contributed by atoms with Crippen LogP contribution in [0.25, 0.3) is 5.57 Å². The van der Waals surface area contributed by atoms with Crippen LogP contribution in [0.5, 0.6) is 11.5 Å². The SMILES string of the molecule is CN(C)CC/C=C1\c2ccccc2COc2cc(OC(=O)O)ccc21. The average Bonchev–Trinajstić information content (AvgIpc) is 2.71. The average molecular weight is 339 g/mol. The molecule has 0 saturated carbocycles. The molecular formula is C20H21NO4. The van der Waals surface area contributed by atoms with Crippen molar-refractivity contribution in [1.29, 1.82) is 0 Å². The normalized spacial score (nSPS) is 14.4. The smallest absolute Gasteiger partial charge is 0.488 e. The zero-order valence-electron chi connectivity index (χ0n) is 14.4. The number of ether oxygens (including phenoxy) is 2. The second-order valence-corrected chi connectivity index (χ2v) is 6.18. The largest absolute Gasteiger partial charge is 0.511 e. The molecule has 3 rings (SSSR count). The van der Waals surface area contributed by atoms with E-state index in [1.807, 2.05) is 32.3 Å². The number of carbonyl (C=O) groups is 1. The molecule has 2 aromatic rings. The highest BCUT2D eigenvalue weighted by molar-refractivity contribution is 5.85. The predicted molar refractivity (Wildman–Crippen MR) is 96.1 cm³/mol. The molecule has 130 valence electrons. The number of nitrogens with zero attached hydrogens (tertiary/aromatic N) is 1. The Morgan fingerprint density at radius 3 is 2.80 bits per heavy atom. The first-order valence-corrected chi connectivity index (χ1v) is 8.16. The number of hydrogen-bond donors (Lipinski definition) is 1. The van der Waals surface area contributed by atoms with Crippen LogP contribution in [-0.4, -0.2) is 36.8 Å². The van der Waals surface area contributed by atoms with Gasteiger partial charge in [-0.2, -0.15) is 0 Å². The van der Waals surface area contributed by atoms with Gasteiger partial charge in [0.25, 0.3) is 0 Å². The maximum atomic E-state index is 10.8. The Hall–Kier alpha value is -2.79. The van der Waals surface area contributed by atoms with E-state index in [0.29, 0.717) is 12.4 Å². The second kappa shape index (κ2) is 7.40. The summed E-state index contributed by atoms with van der Waals surface area (Å²) in [5, 5.41) is 8.81. The van der Waals surface area contributed by atoms with Crippen LogP contribution in [-0.2, 0) is 6.61 Å². The van der Waals surface area contributed by atoms with Crippen molar-refractivity contribution >= 4 is 11.7 Å². The van der Waals surface area contributed by atoms with Gasteiger partial charge in [0.1, 0.15) is 18.1 Å². The van der Waals surface area contributed by atoms with E-state index in [1.54, 1.807) is 12.1 Å². The van der Waals surface area contributed by atoms with E-state index in [0.717, 1.165) is 35.2 Å². The van der Waals surface area contributed by atoms with Gasteiger partial charge in [0.15, 0.2) is 0 Å². The Morgan fingerprint density at radius 2 is 2.04 bits per heavy atom. The number of carboxylic acid groups (broad SMARTS) is 1. The standard InChI is InChI=1S/C20H21NO4/c1-21(2)11-5-8-17-16-7-4-3-6-14(16)13-24-19-12-15(25-20(22)23)9-10-18(17)19/h3-4,6-10,12H,5,11,13H2,1-2H3,(H,22,23)/b17-8+. The molecule has 0 saturated heterocycles. The lowest BCUT2D eigenvalue weighted by atomic mass is 9.93. The third kappa shape index (κ3) is 4.00. The fraction of sp³-hybridized carbons (Fsp3) is 0.250. The Kier molecular flexibility index (Phi) is 5.05. The fourth-order valence-corrected chi connectivity index (χ4v) is 2.91. The quantitative estimate of drug-likeness (QED) is 0.673. The lowest BCUT2D eigenvalue weighted by molar-refractivity contribution is 0.144. The zero-order chi connectivity index (χ0) is 17.8. The predicted octanol–water partition coefficient (Wildman–Crippen LogP) is 4.02. The van der Waals surface area contributed by atoms with Gasteiger partial charge in [-0.3, -0.25) is 0 Å². The molecule has 1 heterocycles. The van der Waals surface area contributed by atoms with Gasteiger partial charge < -0.3 is 19.5 Å². The van der Waals surface area contributed by atoms with Gasteiger partial charge in [-0.1, -0.05) is 30.3 Å². The Morgan fingerprint density at radius 1 is 1.24 bits per heavy atom. The summed E-state index contributed by atoms with van der Waals surface area (Å²) >= 11 is 0.